The maximum Gasteiger partial charge on any atom is 0.242 e. The molecular formula is C15H20N2O2S2. The highest BCUT2D eigenvalue weighted by atomic mass is 32.2. The van der Waals surface area contributed by atoms with Crippen LogP contribution in [0.1, 0.15) is 19.4 Å². The van der Waals surface area contributed by atoms with E-state index >= 15 is 0 Å². The first-order valence-electron chi connectivity index (χ1n) is 6.89. The lowest BCUT2D eigenvalue weighted by molar-refractivity contribution is 0.560. The Labute approximate surface area is 130 Å². The van der Waals surface area contributed by atoms with Crippen LogP contribution in [0.2, 0.25) is 0 Å². The molecule has 0 amide bonds. The second kappa shape index (κ2) is 7.06. The lowest BCUT2D eigenvalue weighted by atomic mass is 10.1. The van der Waals surface area contributed by atoms with Gasteiger partial charge in [-0.3, -0.25) is 0 Å². The largest absolute Gasteiger partial charge is 0.384 e. The van der Waals surface area contributed by atoms with Crippen LogP contribution in [0, 0.1) is 0 Å². The van der Waals surface area contributed by atoms with Crippen LogP contribution < -0.4 is 10.0 Å². The smallest absolute Gasteiger partial charge is 0.242 e. The monoisotopic (exact) mass is 324 g/mol. The van der Waals surface area contributed by atoms with E-state index in [1.807, 2.05) is 36.7 Å². The molecule has 2 aromatic rings. The molecule has 4 nitrogen and oxygen atoms in total. The van der Waals surface area contributed by atoms with Gasteiger partial charge in [0, 0.05) is 12.6 Å². The number of hydrogen-bond acceptors (Lipinski definition) is 4. The SMILES string of the molecule is CCNc1ccccc1S(=O)(=O)NC(C)Cc1ccsc1. The number of para-hydroxylation sites is 1. The minimum Gasteiger partial charge on any atom is -0.384 e. The zero-order chi connectivity index (χ0) is 15.3. The standard InChI is InChI=1S/C15H20N2O2S2/c1-3-16-14-6-4-5-7-15(14)21(18,19)17-12(2)10-13-8-9-20-11-13/h4-9,11-12,16-17H,3,10H2,1-2H3. The molecule has 0 aliphatic carbocycles. The molecule has 6 heteroatoms. The molecule has 0 bridgehead atoms. The summed E-state index contributed by atoms with van der Waals surface area (Å²) in [5.74, 6) is 0. The highest BCUT2D eigenvalue weighted by Gasteiger charge is 2.20. The van der Waals surface area contributed by atoms with E-state index in [4.69, 9.17) is 0 Å². The van der Waals surface area contributed by atoms with E-state index in [1.54, 1.807) is 29.5 Å². The van der Waals surface area contributed by atoms with Crippen molar-refractivity contribution in [1.29, 1.82) is 0 Å². The summed E-state index contributed by atoms with van der Waals surface area (Å²) in [6, 6.07) is 8.82. The first kappa shape index (κ1) is 16.0. The van der Waals surface area contributed by atoms with E-state index in [0.717, 1.165) is 5.56 Å². The third-order valence-electron chi connectivity index (χ3n) is 3.02. The molecule has 0 spiro atoms. The predicted molar refractivity (Wildman–Crippen MR) is 88.4 cm³/mol. The van der Waals surface area contributed by atoms with Crippen LogP contribution in [0.15, 0.2) is 46.0 Å². The molecule has 1 atom stereocenters. The molecule has 2 N–H and O–H groups in total. The third kappa shape index (κ3) is 4.30. The van der Waals surface area contributed by atoms with Gasteiger partial charge in [-0.1, -0.05) is 12.1 Å². The molecular weight excluding hydrogens is 304 g/mol. The van der Waals surface area contributed by atoms with Gasteiger partial charge < -0.3 is 5.32 Å². The normalized spacial score (nSPS) is 13.0. The molecule has 21 heavy (non-hydrogen) atoms. The van der Waals surface area contributed by atoms with Crippen LogP contribution in [0.25, 0.3) is 0 Å². The van der Waals surface area contributed by atoms with E-state index in [1.165, 1.54) is 0 Å². The summed E-state index contributed by atoms with van der Waals surface area (Å²) in [6.07, 6.45) is 0.687. The number of nitrogens with one attached hydrogen (secondary N) is 2. The van der Waals surface area contributed by atoms with Crippen LogP contribution in [-0.2, 0) is 16.4 Å². The highest BCUT2D eigenvalue weighted by Crippen LogP contribution is 2.21. The first-order valence-corrected chi connectivity index (χ1v) is 9.32. The fourth-order valence-electron chi connectivity index (χ4n) is 2.17. The maximum absolute atomic E-state index is 12.5. The molecule has 2 rings (SSSR count). The predicted octanol–water partition coefficient (Wildman–Crippen LogP) is 3.09. The molecule has 1 aromatic heterocycles. The zero-order valence-corrected chi connectivity index (χ0v) is 13.8. The molecule has 1 heterocycles. The van der Waals surface area contributed by atoms with Crippen molar-refractivity contribution < 1.29 is 8.42 Å². The van der Waals surface area contributed by atoms with Crippen LogP contribution in [0.4, 0.5) is 5.69 Å². The molecule has 1 aromatic carbocycles. The number of hydrogen-bond donors (Lipinski definition) is 2. The van der Waals surface area contributed by atoms with Gasteiger partial charge >= 0.3 is 0 Å². The first-order chi connectivity index (χ1) is 10.0. The van der Waals surface area contributed by atoms with Gasteiger partial charge in [-0.25, -0.2) is 13.1 Å². The number of rotatable bonds is 7. The molecule has 0 aliphatic rings. The summed E-state index contributed by atoms with van der Waals surface area (Å²) in [5, 5.41) is 7.12. The van der Waals surface area contributed by atoms with Gasteiger partial charge in [-0.2, -0.15) is 11.3 Å². The molecule has 0 saturated carbocycles. The van der Waals surface area contributed by atoms with Gasteiger partial charge in [-0.15, -0.1) is 0 Å². The van der Waals surface area contributed by atoms with E-state index in [-0.39, 0.29) is 6.04 Å². The summed E-state index contributed by atoms with van der Waals surface area (Å²) < 4.78 is 27.8. The van der Waals surface area contributed by atoms with Crippen LogP contribution in [0.5, 0.6) is 0 Å². The Kier molecular flexibility index (Phi) is 5.39. The zero-order valence-electron chi connectivity index (χ0n) is 12.2. The number of benzene rings is 1. The average molecular weight is 324 g/mol. The second-order valence-electron chi connectivity index (χ2n) is 4.88. The summed E-state index contributed by atoms with van der Waals surface area (Å²) in [7, 11) is -3.52. The van der Waals surface area contributed by atoms with Gasteiger partial charge in [0.15, 0.2) is 0 Å². The van der Waals surface area contributed by atoms with Crippen molar-refractivity contribution in [2.24, 2.45) is 0 Å². The average Bonchev–Trinajstić information content (AvgIpc) is 2.91. The lowest BCUT2D eigenvalue weighted by Crippen LogP contribution is -2.34. The highest BCUT2D eigenvalue weighted by molar-refractivity contribution is 7.89. The van der Waals surface area contributed by atoms with Gasteiger partial charge in [0.2, 0.25) is 10.0 Å². The van der Waals surface area contributed by atoms with Crippen LogP contribution in [-0.4, -0.2) is 21.0 Å². The van der Waals surface area contributed by atoms with Gasteiger partial charge in [0.1, 0.15) is 4.90 Å². The van der Waals surface area contributed by atoms with Gasteiger partial charge in [-0.05, 0) is 54.8 Å². The minimum atomic E-state index is -3.52. The van der Waals surface area contributed by atoms with Crippen molar-refractivity contribution >= 4 is 27.0 Å². The molecule has 0 fully saturated rings. The van der Waals surface area contributed by atoms with Crippen molar-refractivity contribution in [2.45, 2.75) is 31.2 Å². The molecule has 1 unspecified atom stereocenters. The van der Waals surface area contributed by atoms with Gasteiger partial charge in [0.05, 0.1) is 5.69 Å². The van der Waals surface area contributed by atoms with E-state index in [9.17, 15) is 8.42 Å². The lowest BCUT2D eigenvalue weighted by Gasteiger charge is -2.16. The Morgan fingerprint density at radius 3 is 2.67 bits per heavy atom. The number of sulfonamides is 1. The van der Waals surface area contributed by atoms with Crippen molar-refractivity contribution in [3.63, 3.8) is 0 Å². The molecule has 0 radical (unpaired) electrons. The summed E-state index contributed by atoms with van der Waals surface area (Å²) in [4.78, 5) is 0.295. The van der Waals surface area contributed by atoms with E-state index in [2.05, 4.69) is 10.0 Å². The second-order valence-corrected chi connectivity index (χ2v) is 7.35. The molecule has 0 aliphatic heterocycles. The Hall–Kier alpha value is -1.37. The minimum absolute atomic E-state index is 0.153. The summed E-state index contributed by atoms with van der Waals surface area (Å²) in [5.41, 5.74) is 1.78. The van der Waals surface area contributed by atoms with Crippen molar-refractivity contribution in [1.82, 2.24) is 4.72 Å². The molecule has 114 valence electrons. The maximum atomic E-state index is 12.5. The third-order valence-corrected chi connectivity index (χ3v) is 5.40. The Morgan fingerprint density at radius 1 is 1.24 bits per heavy atom. The van der Waals surface area contributed by atoms with Crippen LogP contribution in [0.3, 0.4) is 0 Å². The number of anilines is 1. The van der Waals surface area contributed by atoms with Crippen molar-refractivity contribution in [3.05, 3.63) is 46.7 Å². The number of thiophene rings is 1. The van der Waals surface area contributed by atoms with E-state index < -0.39 is 10.0 Å². The topological polar surface area (TPSA) is 58.2 Å². The Balaban J connectivity index is 2.14. The Bertz CT molecular complexity index is 667. The fourth-order valence-corrected chi connectivity index (χ4v) is 4.28. The van der Waals surface area contributed by atoms with Gasteiger partial charge in [0.25, 0.3) is 0 Å². The summed E-state index contributed by atoms with van der Waals surface area (Å²) in [6.45, 7) is 4.50. The fraction of sp³-hybridized carbons (Fsp3) is 0.333. The summed E-state index contributed by atoms with van der Waals surface area (Å²) >= 11 is 1.62. The van der Waals surface area contributed by atoms with E-state index in [0.29, 0.717) is 23.5 Å². The van der Waals surface area contributed by atoms with Crippen LogP contribution >= 0.6 is 11.3 Å². The quantitative estimate of drug-likeness (QED) is 0.823. The van der Waals surface area contributed by atoms with Crippen molar-refractivity contribution in [2.75, 3.05) is 11.9 Å². The Morgan fingerprint density at radius 2 is 2.00 bits per heavy atom. The molecule has 0 saturated heterocycles. The van der Waals surface area contributed by atoms with Crippen molar-refractivity contribution in [3.8, 4) is 0 Å².